The second-order valence-corrected chi connectivity index (χ2v) is 5.93. The van der Waals surface area contributed by atoms with Gasteiger partial charge in [0, 0.05) is 17.0 Å². The first-order valence-corrected chi connectivity index (χ1v) is 7.35. The molecule has 1 aliphatic carbocycles. The topological polar surface area (TPSA) is 42.7 Å². The zero-order chi connectivity index (χ0) is 12.4. The predicted molar refractivity (Wildman–Crippen MR) is 72.6 cm³/mol. The van der Waals surface area contributed by atoms with Crippen molar-refractivity contribution in [2.75, 3.05) is 0 Å². The summed E-state index contributed by atoms with van der Waals surface area (Å²) >= 11 is 1.89. The molecule has 1 aliphatic rings. The molecule has 2 aromatic heterocycles. The molecule has 2 aromatic rings. The lowest BCUT2D eigenvalue weighted by atomic mass is 9.93. The molecule has 18 heavy (non-hydrogen) atoms. The van der Waals surface area contributed by atoms with E-state index in [0.717, 1.165) is 6.54 Å². The molecule has 2 heterocycles. The predicted octanol–water partition coefficient (Wildman–Crippen LogP) is 2.40. The number of aromatic nitrogens is 3. The van der Waals surface area contributed by atoms with E-state index in [4.69, 9.17) is 0 Å². The third kappa shape index (κ3) is 2.47. The van der Waals surface area contributed by atoms with Gasteiger partial charge >= 0.3 is 0 Å². The molecule has 0 spiro atoms. The minimum Gasteiger partial charge on any atom is -0.306 e. The van der Waals surface area contributed by atoms with Crippen molar-refractivity contribution in [1.82, 2.24) is 20.1 Å². The van der Waals surface area contributed by atoms with Crippen LogP contribution in [0.15, 0.2) is 24.1 Å². The smallest absolute Gasteiger partial charge is 0.137 e. The lowest BCUT2D eigenvalue weighted by molar-refractivity contribution is 0.372. The van der Waals surface area contributed by atoms with Crippen LogP contribution >= 0.6 is 11.3 Å². The highest BCUT2D eigenvalue weighted by atomic mass is 32.1. The molecule has 0 amide bonds. The van der Waals surface area contributed by atoms with Gasteiger partial charge in [0.15, 0.2) is 0 Å². The van der Waals surface area contributed by atoms with Gasteiger partial charge in [-0.2, -0.15) is 5.10 Å². The van der Waals surface area contributed by atoms with Crippen molar-refractivity contribution >= 4 is 11.3 Å². The van der Waals surface area contributed by atoms with Gasteiger partial charge in [-0.1, -0.05) is 0 Å². The van der Waals surface area contributed by atoms with E-state index >= 15 is 0 Å². The first kappa shape index (κ1) is 11.9. The van der Waals surface area contributed by atoms with Crippen LogP contribution in [0.4, 0.5) is 0 Å². The SMILES string of the molecule is C[C@@H](Cn1cncn1)N[C@@H]1CCCc2sccc21. The number of nitrogens with one attached hydrogen (secondary N) is 1. The molecule has 5 heteroatoms. The van der Waals surface area contributed by atoms with Gasteiger partial charge < -0.3 is 5.32 Å². The number of hydrogen-bond acceptors (Lipinski definition) is 4. The summed E-state index contributed by atoms with van der Waals surface area (Å²) < 4.78 is 1.88. The molecule has 3 rings (SSSR count). The summed E-state index contributed by atoms with van der Waals surface area (Å²) in [5.74, 6) is 0. The number of thiophene rings is 1. The van der Waals surface area contributed by atoms with E-state index < -0.39 is 0 Å². The van der Waals surface area contributed by atoms with Crippen LogP contribution in [0.3, 0.4) is 0 Å². The molecular weight excluding hydrogens is 244 g/mol. The van der Waals surface area contributed by atoms with Gasteiger partial charge in [-0.25, -0.2) is 4.98 Å². The molecule has 0 fully saturated rings. The van der Waals surface area contributed by atoms with E-state index in [9.17, 15) is 0 Å². The quantitative estimate of drug-likeness (QED) is 0.920. The van der Waals surface area contributed by atoms with E-state index in [1.807, 2.05) is 16.0 Å². The van der Waals surface area contributed by atoms with Gasteiger partial charge in [0.1, 0.15) is 12.7 Å². The van der Waals surface area contributed by atoms with Gasteiger partial charge in [-0.05, 0) is 43.2 Å². The van der Waals surface area contributed by atoms with Crippen LogP contribution in [0.1, 0.15) is 36.2 Å². The minimum atomic E-state index is 0.405. The molecule has 0 aromatic carbocycles. The lowest BCUT2D eigenvalue weighted by Gasteiger charge is -2.27. The molecule has 96 valence electrons. The third-order valence-electron chi connectivity index (χ3n) is 3.47. The molecule has 2 atom stereocenters. The summed E-state index contributed by atoms with van der Waals surface area (Å²) in [6.45, 7) is 3.08. The number of nitrogens with zero attached hydrogens (tertiary/aromatic N) is 3. The van der Waals surface area contributed by atoms with Crippen molar-refractivity contribution in [3.63, 3.8) is 0 Å². The van der Waals surface area contributed by atoms with Gasteiger partial charge in [0.05, 0.1) is 6.54 Å². The highest BCUT2D eigenvalue weighted by molar-refractivity contribution is 7.10. The van der Waals surface area contributed by atoms with Crippen molar-refractivity contribution in [1.29, 1.82) is 0 Å². The Hall–Kier alpha value is -1.20. The maximum absolute atomic E-state index is 4.15. The Bertz CT molecular complexity index is 491. The largest absolute Gasteiger partial charge is 0.306 e. The van der Waals surface area contributed by atoms with Crippen LogP contribution < -0.4 is 5.32 Å². The standard InChI is InChI=1S/C13H18N4S/c1-10(7-17-9-14-8-15-17)16-12-3-2-4-13-11(12)5-6-18-13/h5-6,8-10,12,16H,2-4,7H2,1H3/t10-,12+/m0/s1. The summed E-state index contributed by atoms with van der Waals surface area (Å²) in [7, 11) is 0. The van der Waals surface area contributed by atoms with Gasteiger partial charge in [0.2, 0.25) is 0 Å². The monoisotopic (exact) mass is 262 g/mol. The van der Waals surface area contributed by atoms with Crippen molar-refractivity contribution in [2.24, 2.45) is 0 Å². The van der Waals surface area contributed by atoms with Crippen molar-refractivity contribution in [2.45, 2.75) is 44.8 Å². The van der Waals surface area contributed by atoms with Gasteiger partial charge in [-0.15, -0.1) is 11.3 Å². The van der Waals surface area contributed by atoms with E-state index in [0.29, 0.717) is 12.1 Å². The third-order valence-corrected chi connectivity index (χ3v) is 4.46. The summed E-state index contributed by atoms with van der Waals surface area (Å²) in [6.07, 6.45) is 7.15. The van der Waals surface area contributed by atoms with Gasteiger partial charge in [0.25, 0.3) is 0 Å². The van der Waals surface area contributed by atoms with Crippen LogP contribution in [0.5, 0.6) is 0 Å². The zero-order valence-corrected chi connectivity index (χ0v) is 11.4. The number of aryl methyl sites for hydroxylation is 1. The van der Waals surface area contributed by atoms with Crippen LogP contribution in [0.2, 0.25) is 0 Å². The molecule has 0 saturated heterocycles. The summed E-state index contributed by atoms with van der Waals surface area (Å²) in [5.41, 5.74) is 1.51. The first-order chi connectivity index (χ1) is 8.83. The molecule has 0 bridgehead atoms. The van der Waals surface area contributed by atoms with E-state index in [1.165, 1.54) is 24.8 Å². The number of rotatable bonds is 4. The summed E-state index contributed by atoms with van der Waals surface area (Å²) in [5, 5.41) is 10.1. The van der Waals surface area contributed by atoms with Crippen LogP contribution in [-0.4, -0.2) is 20.8 Å². The van der Waals surface area contributed by atoms with Crippen molar-refractivity contribution in [3.05, 3.63) is 34.5 Å². The lowest BCUT2D eigenvalue weighted by Crippen LogP contribution is -2.35. The summed E-state index contributed by atoms with van der Waals surface area (Å²) in [4.78, 5) is 5.54. The molecular formula is C13H18N4S. The normalized spacial score (nSPS) is 20.6. The number of hydrogen-bond donors (Lipinski definition) is 1. The van der Waals surface area contributed by atoms with E-state index in [-0.39, 0.29) is 0 Å². The molecule has 0 saturated carbocycles. The fourth-order valence-corrected chi connectivity index (χ4v) is 3.65. The maximum atomic E-state index is 4.15. The van der Waals surface area contributed by atoms with E-state index in [1.54, 1.807) is 17.5 Å². The number of fused-ring (bicyclic) bond motifs is 1. The second kappa shape index (κ2) is 5.20. The fourth-order valence-electron chi connectivity index (χ4n) is 2.66. The Labute approximate surface area is 111 Å². The summed E-state index contributed by atoms with van der Waals surface area (Å²) in [6, 6.07) is 3.19. The van der Waals surface area contributed by atoms with Crippen molar-refractivity contribution < 1.29 is 0 Å². The van der Waals surface area contributed by atoms with E-state index in [2.05, 4.69) is 33.8 Å². The molecule has 1 N–H and O–H groups in total. The second-order valence-electron chi connectivity index (χ2n) is 4.93. The Kier molecular flexibility index (Phi) is 3.43. The fraction of sp³-hybridized carbons (Fsp3) is 0.538. The molecule has 0 radical (unpaired) electrons. The average Bonchev–Trinajstić information content (AvgIpc) is 2.99. The molecule has 0 aliphatic heterocycles. The maximum Gasteiger partial charge on any atom is 0.137 e. The first-order valence-electron chi connectivity index (χ1n) is 6.47. The zero-order valence-electron chi connectivity index (χ0n) is 10.5. The molecule has 0 unspecified atom stereocenters. The average molecular weight is 262 g/mol. The molecule has 4 nitrogen and oxygen atoms in total. The van der Waals surface area contributed by atoms with Gasteiger partial charge in [-0.3, -0.25) is 4.68 Å². The Morgan fingerprint density at radius 2 is 2.56 bits per heavy atom. The van der Waals surface area contributed by atoms with Crippen LogP contribution in [-0.2, 0) is 13.0 Å². The highest BCUT2D eigenvalue weighted by Gasteiger charge is 2.22. The Morgan fingerprint density at radius 3 is 3.39 bits per heavy atom. The van der Waals surface area contributed by atoms with Crippen LogP contribution in [0.25, 0.3) is 0 Å². The minimum absolute atomic E-state index is 0.405. The highest BCUT2D eigenvalue weighted by Crippen LogP contribution is 2.33. The van der Waals surface area contributed by atoms with Crippen LogP contribution in [0, 0.1) is 0 Å². The Morgan fingerprint density at radius 1 is 1.61 bits per heavy atom. The Balaban J connectivity index is 1.64. The van der Waals surface area contributed by atoms with Crippen molar-refractivity contribution in [3.8, 4) is 0 Å².